The van der Waals surface area contributed by atoms with E-state index in [1.807, 2.05) is 59.2 Å². The van der Waals surface area contributed by atoms with E-state index in [1.54, 1.807) is 0 Å². The van der Waals surface area contributed by atoms with Crippen LogP contribution in [0.3, 0.4) is 0 Å². The number of nitrogens with zero attached hydrogens (tertiary/aromatic N) is 2. The van der Waals surface area contributed by atoms with Crippen LogP contribution < -0.4 is 11.5 Å². The number of aromatic nitrogens is 1. The summed E-state index contributed by atoms with van der Waals surface area (Å²) >= 11 is 3.42. The highest BCUT2D eigenvalue weighted by molar-refractivity contribution is 9.10. The van der Waals surface area contributed by atoms with Crippen molar-refractivity contribution in [2.75, 3.05) is 0 Å². The molecule has 0 saturated heterocycles. The van der Waals surface area contributed by atoms with Crippen LogP contribution in [-0.4, -0.2) is 16.4 Å². The van der Waals surface area contributed by atoms with Gasteiger partial charge in [0.25, 0.3) is 5.91 Å². The summed E-state index contributed by atoms with van der Waals surface area (Å²) < 4.78 is 2.93. The third-order valence-corrected chi connectivity index (χ3v) is 4.04. The highest BCUT2D eigenvalue weighted by Crippen LogP contribution is 2.22. The van der Waals surface area contributed by atoms with Crippen molar-refractivity contribution >= 4 is 38.7 Å². The molecule has 4 N–H and O–H groups in total. The molecule has 2 aromatic carbocycles. The number of carbonyl (C=O) groups excluding carboxylic acids is 1. The molecule has 0 aliphatic carbocycles. The zero-order valence-electron chi connectivity index (χ0n) is 12.2. The summed E-state index contributed by atoms with van der Waals surface area (Å²) in [5.74, 6) is -0.686. The molecule has 0 unspecified atom stereocenters. The van der Waals surface area contributed by atoms with Crippen molar-refractivity contribution in [3.8, 4) is 0 Å². The Morgan fingerprint density at radius 3 is 2.48 bits per heavy atom. The van der Waals surface area contributed by atoms with E-state index >= 15 is 0 Å². The van der Waals surface area contributed by atoms with Crippen molar-refractivity contribution in [3.05, 3.63) is 70.3 Å². The fraction of sp³-hybridized carbons (Fsp3) is 0.0588. The van der Waals surface area contributed by atoms with E-state index in [4.69, 9.17) is 11.5 Å². The van der Waals surface area contributed by atoms with Crippen LogP contribution in [0, 0.1) is 0 Å². The summed E-state index contributed by atoms with van der Waals surface area (Å²) in [6.45, 7) is 0.557. The maximum Gasteiger partial charge on any atom is 0.296 e. The van der Waals surface area contributed by atoms with Gasteiger partial charge in [0, 0.05) is 21.9 Å². The molecule has 116 valence electrons. The number of hydrogen-bond acceptors (Lipinski definition) is 1. The van der Waals surface area contributed by atoms with Crippen molar-refractivity contribution in [2.24, 2.45) is 16.5 Å². The van der Waals surface area contributed by atoms with Crippen LogP contribution in [0.15, 0.2) is 64.1 Å². The van der Waals surface area contributed by atoms with E-state index in [9.17, 15) is 4.79 Å². The van der Waals surface area contributed by atoms with E-state index < -0.39 is 5.91 Å². The molecular weight excluding hydrogens is 356 g/mol. The van der Waals surface area contributed by atoms with E-state index in [2.05, 4.69) is 20.9 Å². The maximum absolute atomic E-state index is 12.3. The monoisotopic (exact) mass is 370 g/mol. The number of amides is 1. The van der Waals surface area contributed by atoms with Gasteiger partial charge in [-0.15, -0.1) is 0 Å². The Morgan fingerprint density at radius 2 is 1.78 bits per heavy atom. The standard InChI is InChI=1S/C17H15BrN4O/c18-13-7-5-11(6-8-13)10-22-14-4-2-1-3-12(14)9-15(22)16(23)21-17(19)20/h1-9H,10H2,(H4,19,20,21,23). The van der Waals surface area contributed by atoms with Gasteiger partial charge in [0.1, 0.15) is 5.69 Å². The Hall–Kier alpha value is -2.60. The number of benzene rings is 2. The Balaban J connectivity index is 2.10. The van der Waals surface area contributed by atoms with Crippen LogP contribution in [0.2, 0.25) is 0 Å². The molecule has 6 heteroatoms. The first kappa shape index (κ1) is 15.3. The molecule has 23 heavy (non-hydrogen) atoms. The topological polar surface area (TPSA) is 86.4 Å². The maximum atomic E-state index is 12.3. The first-order valence-corrected chi connectivity index (χ1v) is 7.80. The van der Waals surface area contributed by atoms with Crippen LogP contribution in [0.1, 0.15) is 16.1 Å². The summed E-state index contributed by atoms with van der Waals surface area (Å²) in [4.78, 5) is 16.0. The first-order chi connectivity index (χ1) is 11.0. The lowest BCUT2D eigenvalue weighted by molar-refractivity contribution is 0.0995. The molecule has 0 bridgehead atoms. The van der Waals surface area contributed by atoms with E-state index in [0.717, 1.165) is 20.9 Å². The number of rotatable bonds is 3. The molecule has 0 radical (unpaired) electrons. The normalized spacial score (nSPS) is 10.7. The quantitative estimate of drug-likeness (QED) is 0.548. The Bertz CT molecular complexity index is 893. The summed E-state index contributed by atoms with van der Waals surface area (Å²) in [7, 11) is 0. The van der Waals surface area contributed by atoms with Gasteiger partial charge in [0.05, 0.1) is 0 Å². The second kappa shape index (κ2) is 6.26. The zero-order valence-corrected chi connectivity index (χ0v) is 13.8. The fourth-order valence-electron chi connectivity index (χ4n) is 2.50. The van der Waals surface area contributed by atoms with Gasteiger partial charge in [-0.1, -0.05) is 46.3 Å². The number of nitrogens with two attached hydrogens (primary N) is 2. The van der Waals surface area contributed by atoms with E-state index in [0.29, 0.717) is 12.2 Å². The number of hydrogen-bond donors (Lipinski definition) is 2. The highest BCUT2D eigenvalue weighted by Gasteiger charge is 2.15. The number of guanidine groups is 1. The minimum absolute atomic E-state index is 0.240. The average Bonchev–Trinajstić information content (AvgIpc) is 2.88. The minimum atomic E-state index is -0.446. The Kier molecular flexibility index (Phi) is 4.16. The van der Waals surface area contributed by atoms with Crippen LogP contribution in [0.4, 0.5) is 0 Å². The second-order valence-corrected chi connectivity index (χ2v) is 6.06. The summed E-state index contributed by atoms with van der Waals surface area (Å²) in [6.07, 6.45) is 0. The predicted octanol–water partition coefficient (Wildman–Crippen LogP) is 2.87. The molecule has 1 aromatic heterocycles. The van der Waals surface area contributed by atoms with Gasteiger partial charge in [-0.2, -0.15) is 4.99 Å². The fourth-order valence-corrected chi connectivity index (χ4v) is 2.77. The number of para-hydroxylation sites is 1. The lowest BCUT2D eigenvalue weighted by Crippen LogP contribution is -2.24. The average molecular weight is 371 g/mol. The van der Waals surface area contributed by atoms with Gasteiger partial charge in [-0.05, 0) is 29.8 Å². The molecule has 5 nitrogen and oxygen atoms in total. The lowest BCUT2D eigenvalue weighted by atomic mass is 10.2. The molecule has 0 atom stereocenters. The number of aliphatic imine (C=N–C) groups is 1. The summed E-state index contributed by atoms with van der Waals surface area (Å²) in [6, 6.07) is 17.6. The summed E-state index contributed by atoms with van der Waals surface area (Å²) in [5, 5.41) is 0.971. The minimum Gasteiger partial charge on any atom is -0.370 e. The lowest BCUT2D eigenvalue weighted by Gasteiger charge is -2.09. The molecule has 0 aliphatic heterocycles. The Morgan fingerprint density at radius 1 is 1.09 bits per heavy atom. The molecule has 3 aromatic rings. The van der Waals surface area contributed by atoms with Crippen molar-refractivity contribution < 1.29 is 4.79 Å². The first-order valence-electron chi connectivity index (χ1n) is 7.01. The van der Waals surface area contributed by atoms with Crippen LogP contribution in [0.5, 0.6) is 0 Å². The van der Waals surface area contributed by atoms with Crippen LogP contribution in [-0.2, 0) is 6.54 Å². The van der Waals surface area contributed by atoms with Gasteiger partial charge in [-0.3, -0.25) is 4.79 Å². The van der Waals surface area contributed by atoms with Gasteiger partial charge >= 0.3 is 0 Å². The van der Waals surface area contributed by atoms with Crippen molar-refractivity contribution in [2.45, 2.75) is 6.54 Å². The summed E-state index contributed by atoms with van der Waals surface area (Å²) in [5.41, 5.74) is 13.2. The predicted molar refractivity (Wildman–Crippen MR) is 95.3 cm³/mol. The molecule has 1 amide bonds. The molecule has 1 heterocycles. The zero-order chi connectivity index (χ0) is 16.4. The van der Waals surface area contributed by atoms with Crippen molar-refractivity contribution in [3.63, 3.8) is 0 Å². The Labute approximate surface area is 141 Å². The molecule has 3 rings (SSSR count). The molecular formula is C17H15BrN4O. The van der Waals surface area contributed by atoms with Crippen LogP contribution >= 0.6 is 15.9 Å². The second-order valence-electron chi connectivity index (χ2n) is 5.14. The van der Waals surface area contributed by atoms with Crippen molar-refractivity contribution in [1.82, 2.24) is 4.57 Å². The molecule has 0 spiro atoms. The molecule has 0 aliphatic rings. The third-order valence-electron chi connectivity index (χ3n) is 3.51. The largest absolute Gasteiger partial charge is 0.370 e. The number of fused-ring (bicyclic) bond motifs is 1. The molecule has 0 fully saturated rings. The SMILES string of the molecule is NC(N)=NC(=O)c1cc2ccccc2n1Cc1ccc(Br)cc1. The number of halogens is 1. The van der Waals surface area contributed by atoms with Gasteiger partial charge in [0.15, 0.2) is 5.96 Å². The molecule has 0 saturated carbocycles. The van der Waals surface area contributed by atoms with Crippen LogP contribution in [0.25, 0.3) is 10.9 Å². The third kappa shape index (κ3) is 3.27. The van der Waals surface area contributed by atoms with Crippen molar-refractivity contribution in [1.29, 1.82) is 0 Å². The van der Waals surface area contributed by atoms with Gasteiger partial charge < -0.3 is 16.0 Å². The van der Waals surface area contributed by atoms with Gasteiger partial charge in [-0.25, -0.2) is 0 Å². The van der Waals surface area contributed by atoms with E-state index in [-0.39, 0.29) is 5.96 Å². The smallest absolute Gasteiger partial charge is 0.296 e. The van der Waals surface area contributed by atoms with Gasteiger partial charge in [0.2, 0.25) is 0 Å². The highest BCUT2D eigenvalue weighted by atomic mass is 79.9. The van der Waals surface area contributed by atoms with E-state index in [1.165, 1.54) is 0 Å². The number of carbonyl (C=O) groups is 1.